The highest BCUT2D eigenvalue weighted by Crippen LogP contribution is 2.36. The molecule has 4 aliphatic rings. The molecule has 0 spiro atoms. The zero-order chi connectivity index (χ0) is 63.6. The van der Waals surface area contributed by atoms with Crippen molar-refractivity contribution in [2.75, 3.05) is 90.6 Å². The third-order valence-electron chi connectivity index (χ3n) is 16.6. The minimum absolute atomic E-state index is 0.0266. The lowest BCUT2D eigenvalue weighted by molar-refractivity contribution is -0.173. The molecular formula is C67H92N6O15. The molecule has 2 heterocycles. The van der Waals surface area contributed by atoms with Crippen LogP contribution in [0.5, 0.6) is 0 Å². The summed E-state index contributed by atoms with van der Waals surface area (Å²) in [6, 6.07) is 19.8. The average Bonchev–Trinajstić information content (AvgIpc) is 3.90. The van der Waals surface area contributed by atoms with Crippen LogP contribution in [0.15, 0.2) is 91.2 Å². The number of carbonyl (C=O) groups excluding carboxylic acids is 8. The number of nitrogens with one attached hydrogen (secondary N) is 1. The van der Waals surface area contributed by atoms with E-state index in [1.165, 1.54) is 37.9 Å². The van der Waals surface area contributed by atoms with Gasteiger partial charge in [-0.2, -0.15) is 0 Å². The van der Waals surface area contributed by atoms with Gasteiger partial charge in [0.2, 0.25) is 5.76 Å². The molecule has 7 rings (SSSR count). The van der Waals surface area contributed by atoms with Crippen LogP contribution in [-0.2, 0) is 91.0 Å². The molecule has 4 fully saturated rings. The van der Waals surface area contributed by atoms with Gasteiger partial charge in [0, 0.05) is 71.5 Å². The van der Waals surface area contributed by atoms with E-state index in [9.17, 15) is 38.4 Å². The van der Waals surface area contributed by atoms with E-state index in [0.717, 1.165) is 60.6 Å². The molecule has 21 heteroatoms. The maximum atomic E-state index is 15.0. The number of rotatable bonds is 32. The van der Waals surface area contributed by atoms with Gasteiger partial charge >= 0.3 is 29.8 Å². The fourth-order valence-electron chi connectivity index (χ4n) is 10.9. The van der Waals surface area contributed by atoms with E-state index in [0.29, 0.717) is 63.0 Å². The molecule has 2 saturated heterocycles. The normalized spacial score (nSPS) is 17.5. The first-order valence-electron chi connectivity index (χ1n) is 31.1. The Balaban J connectivity index is 1.08. The molecule has 0 radical (unpaired) electrons. The van der Waals surface area contributed by atoms with Crippen molar-refractivity contribution in [1.82, 2.24) is 20.0 Å². The van der Waals surface area contributed by atoms with Crippen molar-refractivity contribution in [3.8, 4) is 0 Å². The molecule has 2 saturated carbocycles. The molecule has 1 N–H and O–H groups in total. The number of nitrogens with zero attached hydrogens (tertiary/aromatic N) is 5. The van der Waals surface area contributed by atoms with Crippen molar-refractivity contribution in [3.63, 3.8) is 0 Å². The minimum atomic E-state index is -1.53. The van der Waals surface area contributed by atoms with Gasteiger partial charge in [-0.3, -0.25) is 19.2 Å². The Morgan fingerprint density at radius 2 is 0.977 bits per heavy atom. The lowest BCUT2D eigenvalue weighted by Gasteiger charge is -2.34. The molecule has 2 aliphatic carbocycles. The standard InChI is InChI=1S/C67H92N6O15/c1-43(2)36-55(70(9)61(75)58(87-64(78)54(68-7)38-47-16-17-47)40-49-20-24-52(25-21-49)72-28-32-82-33-29-72)65(79)85-45(5)60(74)69(8)57(39-48-18-19-48)67(81)88-59(41-50-22-26-53(27-23-50)73-30-34-83-35-31-73)62(76)71(10)56(37-44(3)4)66(80)86-46(6)63(77)84-42-51-14-12-11-13-15-51/h11-15,20-27,43-45,47-48,54-59,68H,6,16-19,28-42H2,1-5,7-10H3/t45-,54+,55+,56+,57+,58-,59-/m1/s1. The molecule has 3 amide bonds. The van der Waals surface area contributed by atoms with Gasteiger partial charge in [-0.25, -0.2) is 19.2 Å². The summed E-state index contributed by atoms with van der Waals surface area (Å²) in [5.74, 6) is -6.83. The first kappa shape index (κ1) is 68.1. The number of likely N-dealkylation sites (N-methyl/N-ethyl adjacent to an activating group) is 4. The summed E-state index contributed by atoms with van der Waals surface area (Å²) >= 11 is 0. The van der Waals surface area contributed by atoms with Crippen LogP contribution in [0.1, 0.15) is 103 Å². The Kier molecular flexibility index (Phi) is 25.4. The second kappa shape index (κ2) is 32.7. The van der Waals surface area contributed by atoms with Crippen LogP contribution in [-0.4, -0.2) is 186 Å². The van der Waals surface area contributed by atoms with Crippen molar-refractivity contribution in [2.45, 2.75) is 148 Å². The summed E-state index contributed by atoms with van der Waals surface area (Å²) in [4.78, 5) is 123. The second-order valence-corrected chi connectivity index (χ2v) is 24.6. The largest absolute Gasteiger partial charge is 0.455 e. The summed E-state index contributed by atoms with van der Waals surface area (Å²) in [6.45, 7) is 17.7. The van der Waals surface area contributed by atoms with Gasteiger partial charge in [0.05, 0.1) is 26.4 Å². The Morgan fingerprint density at radius 1 is 0.545 bits per heavy atom. The number of ether oxygens (including phenoxy) is 7. The highest BCUT2D eigenvalue weighted by Gasteiger charge is 2.43. The maximum absolute atomic E-state index is 15.0. The van der Waals surface area contributed by atoms with Crippen LogP contribution in [0.4, 0.5) is 11.4 Å². The van der Waals surface area contributed by atoms with E-state index in [2.05, 4.69) is 21.7 Å². The van der Waals surface area contributed by atoms with Gasteiger partial charge in [0.1, 0.15) is 30.8 Å². The van der Waals surface area contributed by atoms with E-state index in [-0.39, 0.29) is 56.5 Å². The van der Waals surface area contributed by atoms with E-state index >= 15 is 0 Å². The average molecular weight is 1220 g/mol. The molecule has 480 valence electrons. The van der Waals surface area contributed by atoms with Crippen LogP contribution < -0.4 is 15.1 Å². The lowest BCUT2D eigenvalue weighted by atomic mass is 10.0. The quantitative estimate of drug-likeness (QED) is 0.0306. The number of benzene rings is 3. The van der Waals surface area contributed by atoms with Crippen LogP contribution in [0.3, 0.4) is 0 Å². The zero-order valence-corrected chi connectivity index (χ0v) is 52.9. The molecule has 3 aromatic rings. The summed E-state index contributed by atoms with van der Waals surface area (Å²) < 4.78 is 40.2. The predicted octanol–water partition coefficient (Wildman–Crippen LogP) is 6.46. The highest BCUT2D eigenvalue weighted by molar-refractivity contribution is 5.94. The van der Waals surface area contributed by atoms with E-state index in [4.69, 9.17) is 33.2 Å². The van der Waals surface area contributed by atoms with Crippen LogP contribution >= 0.6 is 0 Å². The predicted molar refractivity (Wildman–Crippen MR) is 329 cm³/mol. The van der Waals surface area contributed by atoms with Gasteiger partial charge in [-0.05, 0) is 111 Å². The SMILES string of the molecule is C=C(OC(=O)[C@H](CC(C)C)N(C)C(=O)[C@@H](Cc1ccc(N2CCOCC2)cc1)OC(=O)[C@H](CC1CC1)N(C)C(=O)[C@@H](C)OC(=O)[C@H](CC(C)C)N(C)C(=O)[C@@H](Cc1ccc(N2CCOCC2)cc1)OC(=O)[C@H](CC1CC1)NC)C(=O)OCc1ccccc1. The number of esters is 5. The number of hydrogen-bond acceptors (Lipinski definition) is 18. The summed E-state index contributed by atoms with van der Waals surface area (Å²) in [6.07, 6.45) is 0.148. The zero-order valence-electron chi connectivity index (χ0n) is 52.9. The van der Waals surface area contributed by atoms with E-state index in [1.807, 2.05) is 82.3 Å². The summed E-state index contributed by atoms with van der Waals surface area (Å²) in [5.41, 5.74) is 4.01. The van der Waals surface area contributed by atoms with Gasteiger partial charge < -0.3 is 63.0 Å². The highest BCUT2D eigenvalue weighted by atomic mass is 16.6. The Labute approximate surface area is 518 Å². The molecule has 88 heavy (non-hydrogen) atoms. The fraction of sp³-hybridized carbons (Fsp3) is 0.582. The second-order valence-electron chi connectivity index (χ2n) is 24.6. The van der Waals surface area contributed by atoms with Crippen LogP contribution in [0, 0.1) is 23.7 Å². The van der Waals surface area contributed by atoms with Crippen molar-refractivity contribution >= 4 is 58.9 Å². The molecule has 7 atom stereocenters. The molecular weight excluding hydrogens is 1130 g/mol. The van der Waals surface area contributed by atoms with Gasteiger partial charge in [0.25, 0.3) is 17.7 Å². The van der Waals surface area contributed by atoms with Gasteiger partial charge in [0.15, 0.2) is 18.3 Å². The van der Waals surface area contributed by atoms with Crippen molar-refractivity contribution in [3.05, 3.63) is 108 Å². The fourth-order valence-corrected chi connectivity index (χ4v) is 10.9. The smallest absolute Gasteiger partial charge is 0.374 e. The number of hydrogen-bond donors (Lipinski definition) is 1. The number of morpholine rings is 2. The Bertz CT molecular complexity index is 2830. The van der Waals surface area contributed by atoms with E-state index < -0.39 is 95.8 Å². The van der Waals surface area contributed by atoms with Gasteiger partial charge in [-0.15, -0.1) is 0 Å². The van der Waals surface area contributed by atoms with Crippen molar-refractivity contribution < 1.29 is 71.5 Å². The topological polar surface area (TPSA) is 229 Å². The number of carbonyl (C=O) groups is 8. The summed E-state index contributed by atoms with van der Waals surface area (Å²) in [5, 5.41) is 3.05. The molecule has 21 nitrogen and oxygen atoms in total. The molecule has 3 aromatic carbocycles. The van der Waals surface area contributed by atoms with Gasteiger partial charge in [-0.1, -0.05) is 108 Å². The van der Waals surface area contributed by atoms with Crippen LogP contribution in [0.25, 0.3) is 0 Å². The summed E-state index contributed by atoms with van der Waals surface area (Å²) in [7, 11) is 5.95. The molecule has 0 aromatic heterocycles. The van der Waals surface area contributed by atoms with Crippen molar-refractivity contribution in [2.24, 2.45) is 23.7 Å². The molecule has 0 bridgehead atoms. The Hall–Kier alpha value is -7.36. The number of anilines is 2. The monoisotopic (exact) mass is 1220 g/mol. The Morgan fingerprint density at radius 3 is 1.43 bits per heavy atom. The maximum Gasteiger partial charge on any atom is 0.374 e. The number of amides is 3. The van der Waals surface area contributed by atoms with E-state index in [1.54, 1.807) is 31.3 Å². The van der Waals surface area contributed by atoms with Crippen LogP contribution in [0.2, 0.25) is 0 Å². The molecule has 0 unspecified atom stereocenters. The van der Waals surface area contributed by atoms with Crippen molar-refractivity contribution in [1.29, 1.82) is 0 Å². The first-order valence-corrected chi connectivity index (χ1v) is 31.1. The first-order chi connectivity index (χ1) is 42.1. The molecule has 2 aliphatic heterocycles. The minimum Gasteiger partial charge on any atom is -0.455 e. The third-order valence-corrected chi connectivity index (χ3v) is 16.6. The lowest BCUT2D eigenvalue weighted by Crippen LogP contribution is -2.53. The third kappa shape index (κ3) is 20.1.